The molecular weight excluding hydrogens is 280 g/mol. The van der Waals surface area contributed by atoms with Crippen LogP contribution < -0.4 is 10.6 Å². The normalized spacial score (nSPS) is 28.2. The second-order valence-electron chi connectivity index (χ2n) is 7.15. The van der Waals surface area contributed by atoms with Crippen LogP contribution in [0, 0.1) is 0 Å². The average Bonchev–Trinajstić information content (AvgIpc) is 3.18. The minimum Gasteiger partial charge on any atom is -0.443 e. The smallest absolute Gasteiger partial charge is 0.213 e. The van der Waals surface area contributed by atoms with Crippen LogP contribution in [0.1, 0.15) is 51.7 Å². The van der Waals surface area contributed by atoms with Gasteiger partial charge in [-0.15, -0.1) is 0 Å². The van der Waals surface area contributed by atoms with Gasteiger partial charge in [0.05, 0.1) is 31.0 Å². The lowest BCUT2D eigenvalue weighted by molar-refractivity contribution is 0.0992. The van der Waals surface area contributed by atoms with Crippen LogP contribution in [-0.2, 0) is 16.7 Å². The van der Waals surface area contributed by atoms with E-state index in [9.17, 15) is 0 Å². The van der Waals surface area contributed by atoms with Crippen molar-refractivity contribution in [1.29, 1.82) is 0 Å². The van der Waals surface area contributed by atoms with Crippen LogP contribution in [0.15, 0.2) is 15.6 Å². The number of nitrogens with zero attached hydrogens (tertiary/aromatic N) is 2. The van der Waals surface area contributed by atoms with E-state index in [0.29, 0.717) is 30.7 Å². The predicted octanol–water partition coefficient (Wildman–Crippen LogP) is 1.96. The highest BCUT2D eigenvalue weighted by atomic mass is 16.5. The van der Waals surface area contributed by atoms with Gasteiger partial charge in [0.25, 0.3) is 0 Å². The zero-order chi connectivity index (χ0) is 15.7. The number of hydrogen-bond donors (Lipinski definition) is 2. The van der Waals surface area contributed by atoms with Gasteiger partial charge >= 0.3 is 0 Å². The largest absolute Gasteiger partial charge is 0.443 e. The van der Waals surface area contributed by atoms with Crippen LogP contribution in [0.25, 0.3) is 0 Å². The standard InChI is InChI=1S/C16H26N4O2/c1-16(2,3)13-8-18-14(22-13)9-19-15(17-4)20-11-7-10-5-6-12(11)21-10/h8,10-12H,5-7,9H2,1-4H3,(H2,17,19,20). The maximum absolute atomic E-state index is 5.86. The Morgan fingerprint density at radius 3 is 2.77 bits per heavy atom. The lowest BCUT2D eigenvalue weighted by Gasteiger charge is -2.22. The highest BCUT2D eigenvalue weighted by Gasteiger charge is 2.41. The third-order valence-corrected chi connectivity index (χ3v) is 4.35. The molecule has 2 saturated heterocycles. The Morgan fingerprint density at radius 1 is 1.41 bits per heavy atom. The van der Waals surface area contributed by atoms with Gasteiger partial charge in [-0.25, -0.2) is 4.98 Å². The molecule has 3 unspecified atom stereocenters. The van der Waals surface area contributed by atoms with Gasteiger partial charge < -0.3 is 19.8 Å². The zero-order valence-corrected chi connectivity index (χ0v) is 13.8. The molecule has 6 nitrogen and oxygen atoms in total. The minimum atomic E-state index is -0.0222. The number of aromatic nitrogens is 1. The number of guanidine groups is 1. The van der Waals surface area contributed by atoms with Crippen molar-refractivity contribution >= 4 is 5.96 Å². The molecule has 1 aromatic heterocycles. The quantitative estimate of drug-likeness (QED) is 0.660. The van der Waals surface area contributed by atoms with Crippen LogP contribution in [0.4, 0.5) is 0 Å². The Labute approximate surface area is 131 Å². The maximum Gasteiger partial charge on any atom is 0.213 e. The van der Waals surface area contributed by atoms with E-state index in [0.717, 1.165) is 24.6 Å². The van der Waals surface area contributed by atoms with E-state index in [2.05, 4.69) is 41.4 Å². The molecule has 3 atom stereocenters. The van der Waals surface area contributed by atoms with E-state index in [1.54, 1.807) is 13.2 Å². The highest BCUT2D eigenvalue weighted by molar-refractivity contribution is 5.80. The molecule has 22 heavy (non-hydrogen) atoms. The van der Waals surface area contributed by atoms with Gasteiger partial charge in [-0.2, -0.15) is 0 Å². The summed E-state index contributed by atoms with van der Waals surface area (Å²) in [5, 5.41) is 6.71. The fraction of sp³-hybridized carbons (Fsp3) is 0.750. The first-order valence-electron chi connectivity index (χ1n) is 8.03. The molecular formula is C16H26N4O2. The number of nitrogens with one attached hydrogen (secondary N) is 2. The van der Waals surface area contributed by atoms with Crippen molar-refractivity contribution in [3.63, 3.8) is 0 Å². The Morgan fingerprint density at radius 2 is 2.23 bits per heavy atom. The fourth-order valence-corrected chi connectivity index (χ4v) is 3.06. The van der Waals surface area contributed by atoms with Crippen molar-refractivity contribution in [3.8, 4) is 0 Å². The molecule has 0 amide bonds. The molecule has 0 radical (unpaired) electrons. The van der Waals surface area contributed by atoms with Crippen LogP contribution in [0.3, 0.4) is 0 Å². The molecule has 0 spiro atoms. The minimum absolute atomic E-state index is 0.0222. The summed E-state index contributed by atoms with van der Waals surface area (Å²) in [4.78, 5) is 8.60. The second-order valence-corrected chi connectivity index (χ2v) is 7.15. The lowest BCUT2D eigenvalue weighted by atomic mass is 9.94. The van der Waals surface area contributed by atoms with E-state index in [-0.39, 0.29) is 5.41 Å². The number of fused-ring (bicyclic) bond motifs is 2. The fourth-order valence-electron chi connectivity index (χ4n) is 3.06. The molecule has 0 aromatic carbocycles. The molecule has 122 valence electrons. The monoisotopic (exact) mass is 306 g/mol. The number of ether oxygens (including phenoxy) is 1. The van der Waals surface area contributed by atoms with Gasteiger partial charge in [0.15, 0.2) is 5.96 Å². The van der Waals surface area contributed by atoms with E-state index < -0.39 is 0 Å². The molecule has 0 aliphatic carbocycles. The Bertz CT molecular complexity index is 547. The first-order valence-corrected chi connectivity index (χ1v) is 8.03. The first kappa shape index (κ1) is 15.3. The van der Waals surface area contributed by atoms with Crippen molar-refractivity contribution in [1.82, 2.24) is 15.6 Å². The summed E-state index contributed by atoms with van der Waals surface area (Å²) < 4.78 is 11.6. The number of rotatable bonds is 3. The molecule has 6 heteroatoms. The summed E-state index contributed by atoms with van der Waals surface area (Å²) in [6.45, 7) is 6.86. The van der Waals surface area contributed by atoms with Gasteiger partial charge in [0, 0.05) is 12.5 Å². The topological polar surface area (TPSA) is 71.7 Å². The number of oxazole rings is 1. The van der Waals surface area contributed by atoms with Crippen molar-refractivity contribution in [2.75, 3.05) is 7.05 Å². The molecule has 2 fully saturated rings. The maximum atomic E-state index is 5.86. The SMILES string of the molecule is CN=C(NCc1ncc(C(C)(C)C)o1)NC1CC2CCC1O2. The first-order chi connectivity index (χ1) is 10.5. The predicted molar refractivity (Wildman–Crippen MR) is 84.8 cm³/mol. The number of aliphatic imine (C=N–C) groups is 1. The highest BCUT2D eigenvalue weighted by Crippen LogP contribution is 2.34. The van der Waals surface area contributed by atoms with E-state index >= 15 is 0 Å². The Kier molecular flexibility index (Phi) is 4.12. The molecule has 3 rings (SSSR count). The van der Waals surface area contributed by atoms with Crippen LogP contribution in [0.5, 0.6) is 0 Å². The van der Waals surface area contributed by atoms with Gasteiger partial charge in [-0.05, 0) is 19.3 Å². The molecule has 2 aliphatic rings. The van der Waals surface area contributed by atoms with Gasteiger partial charge in [-0.1, -0.05) is 20.8 Å². The zero-order valence-electron chi connectivity index (χ0n) is 13.8. The summed E-state index contributed by atoms with van der Waals surface area (Å²) in [6.07, 6.45) is 5.98. The molecule has 2 aliphatic heterocycles. The molecule has 0 saturated carbocycles. The van der Waals surface area contributed by atoms with Gasteiger partial charge in [0.2, 0.25) is 5.89 Å². The van der Waals surface area contributed by atoms with Crippen molar-refractivity contribution in [2.45, 2.75) is 70.2 Å². The lowest BCUT2D eigenvalue weighted by Crippen LogP contribution is -2.47. The summed E-state index contributed by atoms with van der Waals surface area (Å²) in [5.74, 6) is 2.35. The number of hydrogen-bond acceptors (Lipinski definition) is 4. The molecule has 2 bridgehead atoms. The summed E-state index contributed by atoms with van der Waals surface area (Å²) >= 11 is 0. The van der Waals surface area contributed by atoms with Gasteiger partial charge in [-0.3, -0.25) is 4.99 Å². The van der Waals surface area contributed by atoms with Crippen molar-refractivity contribution in [2.24, 2.45) is 4.99 Å². The van der Waals surface area contributed by atoms with E-state index in [1.165, 1.54) is 6.42 Å². The van der Waals surface area contributed by atoms with Gasteiger partial charge in [0.1, 0.15) is 5.76 Å². The third kappa shape index (κ3) is 3.27. The van der Waals surface area contributed by atoms with Crippen molar-refractivity contribution in [3.05, 3.63) is 17.8 Å². The molecule has 2 N–H and O–H groups in total. The molecule has 3 heterocycles. The van der Waals surface area contributed by atoms with Crippen LogP contribution >= 0.6 is 0 Å². The summed E-state index contributed by atoms with van der Waals surface area (Å²) in [6, 6.07) is 0.361. The third-order valence-electron chi connectivity index (χ3n) is 4.35. The average molecular weight is 306 g/mol. The van der Waals surface area contributed by atoms with E-state index in [4.69, 9.17) is 9.15 Å². The molecule has 1 aromatic rings. The Balaban J connectivity index is 1.52. The van der Waals surface area contributed by atoms with Crippen LogP contribution in [0.2, 0.25) is 0 Å². The summed E-state index contributed by atoms with van der Waals surface area (Å²) in [5.41, 5.74) is -0.0222. The summed E-state index contributed by atoms with van der Waals surface area (Å²) in [7, 11) is 1.78. The Hall–Kier alpha value is -1.56. The van der Waals surface area contributed by atoms with Crippen molar-refractivity contribution < 1.29 is 9.15 Å². The second kappa shape index (κ2) is 5.91. The van der Waals surface area contributed by atoms with Crippen LogP contribution in [-0.4, -0.2) is 36.2 Å². The van der Waals surface area contributed by atoms with E-state index in [1.807, 2.05) is 0 Å².